The van der Waals surface area contributed by atoms with Crippen LogP contribution in [0, 0.1) is 0 Å². The topological polar surface area (TPSA) is 36.9 Å². The second kappa shape index (κ2) is 16.8. The van der Waals surface area contributed by atoms with Crippen molar-refractivity contribution in [1.29, 1.82) is 0 Å². The number of hydrogen-bond acceptors (Lipinski definition) is 4. The fourth-order valence-electron chi connectivity index (χ4n) is 7.15. The van der Waals surface area contributed by atoms with E-state index in [-0.39, 0.29) is 13.6 Å². The van der Waals surface area contributed by atoms with Gasteiger partial charge in [0.15, 0.2) is 13.6 Å². The van der Waals surface area contributed by atoms with E-state index in [1.807, 2.05) is 0 Å². The van der Waals surface area contributed by atoms with Crippen molar-refractivity contribution in [3.63, 3.8) is 0 Å². The van der Waals surface area contributed by atoms with Gasteiger partial charge in [0, 0.05) is 36.0 Å². The molecular formula is C48H40O4P2. The first-order valence-electron chi connectivity index (χ1n) is 17.9. The van der Waals surface area contributed by atoms with Gasteiger partial charge in [0.1, 0.15) is 11.5 Å². The molecule has 266 valence electrons. The summed E-state index contributed by atoms with van der Waals surface area (Å²) in [4.78, 5) is 0. The molecule has 0 bridgehead atoms. The summed E-state index contributed by atoms with van der Waals surface area (Å²) in [5.74, 6) is 1.56. The van der Waals surface area contributed by atoms with Gasteiger partial charge < -0.3 is 18.9 Å². The first kappa shape index (κ1) is 35.7. The molecule has 8 aromatic carbocycles. The number of hydrogen-bond donors (Lipinski definition) is 0. The molecule has 0 aliphatic carbocycles. The lowest BCUT2D eigenvalue weighted by molar-refractivity contribution is 0.0510. The molecule has 0 aliphatic heterocycles. The zero-order chi connectivity index (χ0) is 36.7. The van der Waals surface area contributed by atoms with E-state index in [4.69, 9.17) is 18.9 Å². The fourth-order valence-corrected chi connectivity index (χ4v) is 12.0. The van der Waals surface area contributed by atoms with Crippen LogP contribution in [-0.2, 0) is 9.47 Å². The van der Waals surface area contributed by atoms with Gasteiger partial charge in [-0.3, -0.25) is 0 Å². The average molecular weight is 743 g/mol. The zero-order valence-electron chi connectivity index (χ0n) is 30.3. The van der Waals surface area contributed by atoms with E-state index in [2.05, 4.69) is 182 Å². The summed E-state index contributed by atoms with van der Waals surface area (Å²) in [5, 5.41) is 11.5. The molecule has 0 fully saturated rings. The molecular weight excluding hydrogens is 702 g/mol. The van der Waals surface area contributed by atoms with E-state index < -0.39 is 15.8 Å². The van der Waals surface area contributed by atoms with Gasteiger partial charge in [-0.15, -0.1) is 0 Å². The smallest absolute Gasteiger partial charge is 0.188 e. The monoisotopic (exact) mass is 742 g/mol. The average Bonchev–Trinajstić information content (AvgIpc) is 3.23. The van der Waals surface area contributed by atoms with Gasteiger partial charge in [-0.05, 0) is 70.7 Å². The van der Waals surface area contributed by atoms with Crippen LogP contribution in [0.25, 0.3) is 32.7 Å². The maximum Gasteiger partial charge on any atom is 0.188 e. The Bertz CT molecular complexity index is 2220. The van der Waals surface area contributed by atoms with Crippen molar-refractivity contribution in [2.75, 3.05) is 27.8 Å². The van der Waals surface area contributed by atoms with Gasteiger partial charge in [0.25, 0.3) is 0 Å². The van der Waals surface area contributed by atoms with Gasteiger partial charge in [-0.2, -0.15) is 0 Å². The summed E-state index contributed by atoms with van der Waals surface area (Å²) in [6.07, 6.45) is 0. The highest BCUT2D eigenvalue weighted by Gasteiger charge is 2.31. The number of fused-ring (bicyclic) bond motifs is 2. The number of rotatable bonds is 13. The van der Waals surface area contributed by atoms with Gasteiger partial charge in [0.2, 0.25) is 0 Å². The summed E-state index contributed by atoms with van der Waals surface area (Å²) in [6.45, 7) is 0.162. The minimum absolute atomic E-state index is 0.0811. The van der Waals surface area contributed by atoms with Crippen LogP contribution in [0.5, 0.6) is 11.5 Å². The van der Waals surface area contributed by atoms with Crippen molar-refractivity contribution in [1.82, 2.24) is 0 Å². The van der Waals surface area contributed by atoms with Crippen LogP contribution >= 0.6 is 15.8 Å². The quantitative estimate of drug-likeness (QED) is 0.0873. The second-order valence-electron chi connectivity index (χ2n) is 12.8. The highest BCUT2D eigenvalue weighted by Crippen LogP contribution is 2.51. The number of ether oxygens (including phenoxy) is 4. The molecule has 0 unspecified atom stereocenters. The van der Waals surface area contributed by atoms with Crippen LogP contribution in [0.3, 0.4) is 0 Å². The molecule has 0 atom stereocenters. The van der Waals surface area contributed by atoms with Crippen molar-refractivity contribution in [2.45, 2.75) is 0 Å². The summed E-state index contributed by atoms with van der Waals surface area (Å²) >= 11 is 0. The zero-order valence-corrected chi connectivity index (χ0v) is 32.1. The Labute approximate surface area is 319 Å². The molecule has 6 heteroatoms. The molecule has 0 spiro atoms. The van der Waals surface area contributed by atoms with Crippen LogP contribution in [0.1, 0.15) is 0 Å². The Morgan fingerprint density at radius 2 is 0.667 bits per heavy atom. The van der Waals surface area contributed by atoms with Crippen molar-refractivity contribution in [2.24, 2.45) is 0 Å². The molecule has 4 nitrogen and oxygen atoms in total. The third-order valence-corrected chi connectivity index (χ3v) is 14.3. The maximum absolute atomic E-state index is 6.89. The van der Waals surface area contributed by atoms with Crippen LogP contribution < -0.4 is 41.3 Å². The van der Waals surface area contributed by atoms with Crippen LogP contribution in [0.15, 0.2) is 182 Å². The van der Waals surface area contributed by atoms with E-state index in [0.717, 1.165) is 54.8 Å². The third-order valence-electron chi connectivity index (χ3n) is 9.40. The first-order valence-corrected chi connectivity index (χ1v) is 20.6. The van der Waals surface area contributed by atoms with E-state index in [1.165, 1.54) is 21.2 Å². The SMILES string of the molecule is COCOc1c(P(c2ccccc2)c2ccccc2)cc2ccccc2c1-c1c(OCOC)c(P(c2ccccc2)c2ccccc2)cc2ccccc12. The van der Waals surface area contributed by atoms with Gasteiger partial charge in [-0.25, -0.2) is 0 Å². The minimum Gasteiger partial charge on any atom is -0.466 e. The Hall–Kier alpha value is -5.34. The van der Waals surface area contributed by atoms with E-state index in [9.17, 15) is 0 Å². The van der Waals surface area contributed by atoms with Crippen LogP contribution in [-0.4, -0.2) is 27.8 Å². The molecule has 0 radical (unpaired) electrons. The molecule has 0 saturated heterocycles. The summed E-state index contributed by atoms with van der Waals surface area (Å²) in [7, 11) is 1.23. The molecule has 0 N–H and O–H groups in total. The van der Waals surface area contributed by atoms with Gasteiger partial charge in [-0.1, -0.05) is 170 Å². The third kappa shape index (κ3) is 7.15. The van der Waals surface area contributed by atoms with E-state index >= 15 is 0 Å². The van der Waals surface area contributed by atoms with Gasteiger partial charge >= 0.3 is 0 Å². The van der Waals surface area contributed by atoms with Crippen LogP contribution in [0.4, 0.5) is 0 Å². The summed E-state index contributed by atoms with van der Waals surface area (Å²) in [6, 6.07) is 64.9. The summed E-state index contributed by atoms with van der Waals surface area (Å²) in [5.41, 5.74) is 1.94. The summed E-state index contributed by atoms with van der Waals surface area (Å²) < 4.78 is 25.2. The lowest BCUT2D eigenvalue weighted by Gasteiger charge is -2.28. The van der Waals surface area contributed by atoms with Crippen molar-refractivity contribution in [3.05, 3.63) is 182 Å². The predicted molar refractivity (Wildman–Crippen MR) is 229 cm³/mol. The Morgan fingerprint density at radius 3 is 0.981 bits per heavy atom. The van der Waals surface area contributed by atoms with E-state index in [0.29, 0.717) is 0 Å². The highest BCUT2D eigenvalue weighted by molar-refractivity contribution is 7.80. The molecule has 54 heavy (non-hydrogen) atoms. The second-order valence-corrected chi connectivity index (χ2v) is 17.1. The van der Waals surface area contributed by atoms with Crippen molar-refractivity contribution in [3.8, 4) is 22.6 Å². The normalized spacial score (nSPS) is 11.4. The molecule has 0 heterocycles. The molecule has 8 aromatic rings. The fraction of sp³-hybridized carbons (Fsp3) is 0.0833. The molecule has 0 aromatic heterocycles. The van der Waals surface area contributed by atoms with E-state index in [1.54, 1.807) is 14.2 Å². The van der Waals surface area contributed by atoms with Crippen LogP contribution in [0.2, 0.25) is 0 Å². The maximum atomic E-state index is 6.89. The Balaban J connectivity index is 1.54. The molecule has 8 rings (SSSR count). The largest absolute Gasteiger partial charge is 0.466 e. The Kier molecular flexibility index (Phi) is 11.1. The van der Waals surface area contributed by atoms with Gasteiger partial charge in [0.05, 0.1) is 0 Å². The number of benzene rings is 8. The van der Waals surface area contributed by atoms with Crippen molar-refractivity contribution >= 4 is 69.2 Å². The lowest BCUT2D eigenvalue weighted by Crippen LogP contribution is -2.25. The molecule has 0 amide bonds. The lowest BCUT2D eigenvalue weighted by atomic mass is 9.92. The predicted octanol–water partition coefficient (Wildman–Crippen LogP) is 9.14. The van der Waals surface area contributed by atoms with Crippen molar-refractivity contribution < 1.29 is 18.9 Å². The number of methoxy groups -OCH3 is 2. The minimum atomic E-state index is -1.06. The molecule has 0 saturated carbocycles. The first-order chi connectivity index (χ1) is 26.8. The molecule has 0 aliphatic rings. The highest BCUT2D eigenvalue weighted by atomic mass is 31.1. The Morgan fingerprint density at radius 1 is 0.370 bits per heavy atom. The standard InChI is InChI=1S/C48H40O4P2/c1-49-33-51-47-43(53(37-21-7-3-8-22-37)38-23-9-4-10-24-38)31-35-19-15-17-29-41(35)45(47)46-42-30-18-16-20-36(42)32-44(48(46)52-34-50-2)54(39-25-11-5-12-26-39)40-27-13-6-14-28-40/h3-32H,33-34H2,1-2H3.